The number of hydrogen-bond donors (Lipinski definition) is 1. The molecular formula is C17H17N5O2S2. The largest absolute Gasteiger partial charge is 0.463 e. The summed E-state index contributed by atoms with van der Waals surface area (Å²) >= 11 is 2.94. The Morgan fingerprint density at radius 3 is 3.08 bits per heavy atom. The van der Waals surface area contributed by atoms with Gasteiger partial charge in [0, 0.05) is 17.7 Å². The highest BCUT2D eigenvalue weighted by Crippen LogP contribution is 2.35. The second-order valence-corrected chi connectivity index (χ2v) is 7.63. The van der Waals surface area contributed by atoms with Gasteiger partial charge < -0.3 is 4.42 Å². The van der Waals surface area contributed by atoms with Crippen LogP contribution in [0.4, 0.5) is 0 Å². The zero-order chi connectivity index (χ0) is 17.9. The minimum Gasteiger partial charge on any atom is -0.463 e. The maximum atomic E-state index is 12.8. The normalized spacial score (nSPS) is 16.9. The minimum atomic E-state index is -0.0958. The molecule has 0 spiro atoms. The third-order valence-electron chi connectivity index (χ3n) is 4.01. The quantitative estimate of drug-likeness (QED) is 0.654. The fourth-order valence-corrected chi connectivity index (χ4v) is 4.21. The number of nitrogens with zero attached hydrogens (tertiary/aromatic N) is 4. The van der Waals surface area contributed by atoms with E-state index in [0.29, 0.717) is 17.3 Å². The first-order valence-corrected chi connectivity index (χ1v) is 10.1. The van der Waals surface area contributed by atoms with E-state index >= 15 is 0 Å². The average Bonchev–Trinajstić information content (AvgIpc) is 3.45. The average molecular weight is 387 g/mol. The van der Waals surface area contributed by atoms with Crippen LogP contribution in [0, 0.1) is 0 Å². The summed E-state index contributed by atoms with van der Waals surface area (Å²) in [5.41, 5.74) is 0.790. The number of thioether (sulfide) groups is 1. The topological polar surface area (TPSA) is 87.4 Å². The highest BCUT2D eigenvalue weighted by atomic mass is 32.2. The van der Waals surface area contributed by atoms with Crippen LogP contribution in [-0.2, 0) is 11.2 Å². The van der Waals surface area contributed by atoms with Crippen molar-refractivity contribution in [2.45, 2.75) is 31.0 Å². The second kappa shape index (κ2) is 7.46. The third kappa shape index (κ3) is 3.45. The molecule has 3 aromatic rings. The number of rotatable bonds is 6. The summed E-state index contributed by atoms with van der Waals surface area (Å²) < 4.78 is 5.46. The molecule has 1 N–H and O–H groups in total. The number of aryl methyl sites for hydroxylation is 1. The minimum absolute atomic E-state index is 0.0715. The molecule has 26 heavy (non-hydrogen) atoms. The van der Waals surface area contributed by atoms with Gasteiger partial charge in [0.15, 0.2) is 0 Å². The monoisotopic (exact) mass is 387 g/mol. The Morgan fingerprint density at radius 2 is 2.38 bits per heavy atom. The molecule has 1 atom stereocenters. The van der Waals surface area contributed by atoms with Crippen molar-refractivity contribution in [3.05, 3.63) is 52.4 Å². The highest BCUT2D eigenvalue weighted by Gasteiger charge is 2.34. The second-order valence-electron chi connectivity index (χ2n) is 5.70. The van der Waals surface area contributed by atoms with E-state index in [9.17, 15) is 4.79 Å². The Bertz CT molecular complexity index is 902. The van der Waals surface area contributed by atoms with Crippen LogP contribution in [0.25, 0.3) is 0 Å². The van der Waals surface area contributed by atoms with Crippen molar-refractivity contribution in [1.29, 1.82) is 0 Å². The van der Waals surface area contributed by atoms with Gasteiger partial charge in [0.1, 0.15) is 17.3 Å². The molecule has 0 bridgehead atoms. The number of nitrogens with one attached hydrogen (secondary N) is 1. The van der Waals surface area contributed by atoms with Crippen LogP contribution >= 0.6 is 23.1 Å². The molecule has 4 rings (SSSR count). The maximum absolute atomic E-state index is 12.8. The van der Waals surface area contributed by atoms with Crippen molar-refractivity contribution >= 4 is 34.7 Å². The first-order chi connectivity index (χ1) is 12.7. The van der Waals surface area contributed by atoms with Crippen LogP contribution in [-0.4, -0.2) is 37.6 Å². The van der Waals surface area contributed by atoms with Gasteiger partial charge in [0.25, 0.3) is 5.91 Å². The van der Waals surface area contributed by atoms with Gasteiger partial charge in [-0.3, -0.25) is 9.89 Å². The van der Waals surface area contributed by atoms with Gasteiger partial charge in [-0.1, -0.05) is 24.8 Å². The number of carbonyl (C=O) groups is 1. The zero-order valence-electron chi connectivity index (χ0n) is 14.1. The highest BCUT2D eigenvalue weighted by molar-refractivity contribution is 7.99. The van der Waals surface area contributed by atoms with Crippen LogP contribution in [0.2, 0.25) is 0 Å². The van der Waals surface area contributed by atoms with Gasteiger partial charge >= 0.3 is 0 Å². The first kappa shape index (κ1) is 17.0. The Labute approximate surface area is 158 Å². The van der Waals surface area contributed by atoms with Crippen LogP contribution in [0.1, 0.15) is 35.8 Å². The van der Waals surface area contributed by atoms with Crippen molar-refractivity contribution in [3.8, 4) is 0 Å². The molecule has 1 unspecified atom stereocenters. The molecule has 3 aromatic heterocycles. The van der Waals surface area contributed by atoms with E-state index in [1.165, 1.54) is 11.8 Å². The molecule has 1 aliphatic rings. The van der Waals surface area contributed by atoms with Gasteiger partial charge in [-0.15, -0.1) is 16.4 Å². The number of furan rings is 1. The van der Waals surface area contributed by atoms with Gasteiger partial charge in [-0.25, -0.2) is 9.99 Å². The van der Waals surface area contributed by atoms with Crippen LogP contribution < -0.4 is 0 Å². The van der Waals surface area contributed by atoms with Gasteiger partial charge in [-0.05, 0) is 23.6 Å². The molecule has 134 valence electrons. The molecule has 1 amide bonds. The van der Waals surface area contributed by atoms with Crippen molar-refractivity contribution < 1.29 is 9.21 Å². The number of hydrogen-bond acceptors (Lipinski definition) is 7. The van der Waals surface area contributed by atoms with Gasteiger partial charge in [0.05, 0.1) is 18.1 Å². The molecule has 1 aliphatic heterocycles. The molecule has 0 aromatic carbocycles. The van der Waals surface area contributed by atoms with E-state index < -0.39 is 0 Å². The Morgan fingerprint density at radius 1 is 1.46 bits per heavy atom. The van der Waals surface area contributed by atoms with Crippen molar-refractivity contribution in [2.24, 2.45) is 5.10 Å². The zero-order valence-corrected chi connectivity index (χ0v) is 15.7. The number of amides is 1. The SMILES string of the molecule is CCc1nc(SCC(=O)N2N=C(c3ccco3)CC2c2cccs2)n[nH]1. The summed E-state index contributed by atoms with van der Waals surface area (Å²) in [6, 6.07) is 7.62. The molecule has 7 nitrogen and oxygen atoms in total. The van der Waals surface area contributed by atoms with E-state index in [1.54, 1.807) is 22.6 Å². The van der Waals surface area contributed by atoms with Crippen LogP contribution in [0.15, 0.2) is 50.6 Å². The molecule has 0 aliphatic carbocycles. The molecule has 4 heterocycles. The smallest absolute Gasteiger partial charge is 0.253 e. The Kier molecular flexibility index (Phi) is 4.89. The predicted octanol–water partition coefficient (Wildman–Crippen LogP) is 3.49. The summed E-state index contributed by atoms with van der Waals surface area (Å²) in [5.74, 6) is 1.68. The summed E-state index contributed by atoms with van der Waals surface area (Å²) in [4.78, 5) is 18.3. The lowest BCUT2D eigenvalue weighted by molar-refractivity contribution is -0.130. The van der Waals surface area contributed by atoms with Gasteiger partial charge in [0.2, 0.25) is 5.16 Å². The summed E-state index contributed by atoms with van der Waals surface area (Å²) in [7, 11) is 0. The Hall–Kier alpha value is -2.39. The molecular weight excluding hydrogens is 370 g/mol. The number of aromatic nitrogens is 3. The van der Waals surface area contributed by atoms with E-state index in [2.05, 4.69) is 20.3 Å². The van der Waals surface area contributed by atoms with Crippen LogP contribution in [0.5, 0.6) is 0 Å². The number of hydrazone groups is 1. The lowest BCUT2D eigenvalue weighted by Crippen LogP contribution is -2.28. The van der Waals surface area contributed by atoms with Crippen molar-refractivity contribution in [1.82, 2.24) is 20.2 Å². The van der Waals surface area contributed by atoms with Crippen molar-refractivity contribution in [3.63, 3.8) is 0 Å². The molecule has 9 heteroatoms. The first-order valence-electron chi connectivity index (χ1n) is 8.25. The molecule has 0 fully saturated rings. The summed E-state index contributed by atoms with van der Waals surface area (Å²) in [6.45, 7) is 2.00. The summed E-state index contributed by atoms with van der Waals surface area (Å²) in [5, 5.41) is 15.7. The summed E-state index contributed by atoms with van der Waals surface area (Å²) in [6.07, 6.45) is 3.04. The van der Waals surface area contributed by atoms with E-state index in [4.69, 9.17) is 4.42 Å². The van der Waals surface area contributed by atoms with Gasteiger partial charge in [-0.2, -0.15) is 5.10 Å². The lowest BCUT2D eigenvalue weighted by Gasteiger charge is -2.20. The Balaban J connectivity index is 1.51. The standard InChI is InChI=1S/C17H17N5O2S2/c1-2-15-18-17(20-19-15)26-10-16(23)22-12(14-6-4-8-25-14)9-11(21-22)13-5-3-7-24-13/h3-8,12H,2,9-10H2,1H3,(H,18,19,20). The fraction of sp³-hybridized carbons (Fsp3) is 0.294. The molecule has 0 saturated heterocycles. The number of thiophene rings is 1. The molecule has 0 radical (unpaired) electrons. The number of H-pyrrole nitrogens is 1. The van der Waals surface area contributed by atoms with E-state index in [0.717, 1.165) is 22.8 Å². The predicted molar refractivity (Wildman–Crippen MR) is 100 cm³/mol. The molecule has 0 saturated carbocycles. The number of carbonyl (C=O) groups excluding carboxylic acids is 1. The lowest BCUT2D eigenvalue weighted by atomic mass is 10.1. The van der Waals surface area contributed by atoms with Crippen molar-refractivity contribution in [2.75, 3.05) is 5.75 Å². The number of aromatic amines is 1. The van der Waals surface area contributed by atoms with E-state index in [-0.39, 0.29) is 17.7 Å². The maximum Gasteiger partial charge on any atom is 0.253 e. The van der Waals surface area contributed by atoms with E-state index in [1.807, 2.05) is 36.6 Å². The fourth-order valence-electron chi connectivity index (χ4n) is 2.73. The van der Waals surface area contributed by atoms with Crippen LogP contribution in [0.3, 0.4) is 0 Å². The third-order valence-corrected chi connectivity index (χ3v) is 5.82.